The van der Waals surface area contributed by atoms with E-state index in [0.717, 1.165) is 0 Å². The van der Waals surface area contributed by atoms with E-state index in [-0.39, 0.29) is 0 Å². The van der Waals surface area contributed by atoms with Crippen LogP contribution in [0, 0.1) is 0 Å². The van der Waals surface area contributed by atoms with Crippen LogP contribution in [0.1, 0.15) is 46.5 Å². The van der Waals surface area contributed by atoms with Crippen molar-refractivity contribution in [1.29, 1.82) is 0 Å². The van der Waals surface area contributed by atoms with Crippen molar-refractivity contribution in [2.24, 2.45) is 0 Å². The molecule has 15 heavy (non-hydrogen) atoms. The standard InChI is InChI=1S/C12H28O2Si/c1-7-8-9-10-11-15(5,6)14-12(2,3)13-4/h7-11H2,1-6H3. The van der Waals surface area contributed by atoms with Crippen molar-refractivity contribution in [2.75, 3.05) is 7.11 Å². The Morgan fingerprint density at radius 1 is 1.07 bits per heavy atom. The normalized spacial score (nSPS) is 13.2. The first kappa shape index (κ1) is 15.1. The molecule has 0 unspecified atom stereocenters. The highest BCUT2D eigenvalue weighted by Gasteiger charge is 2.30. The molecule has 0 saturated carbocycles. The molecule has 0 atom stereocenters. The highest BCUT2D eigenvalue weighted by atomic mass is 28.4. The number of hydrogen-bond donors (Lipinski definition) is 0. The average Bonchev–Trinajstić information content (AvgIpc) is 2.11. The van der Waals surface area contributed by atoms with Crippen molar-refractivity contribution < 1.29 is 9.16 Å². The van der Waals surface area contributed by atoms with Crippen molar-refractivity contribution in [1.82, 2.24) is 0 Å². The maximum absolute atomic E-state index is 6.07. The van der Waals surface area contributed by atoms with Gasteiger partial charge in [-0.3, -0.25) is 0 Å². The Hall–Kier alpha value is 0.137. The van der Waals surface area contributed by atoms with E-state index < -0.39 is 14.1 Å². The summed E-state index contributed by atoms with van der Waals surface area (Å²) >= 11 is 0. The van der Waals surface area contributed by atoms with Gasteiger partial charge in [-0.2, -0.15) is 0 Å². The molecule has 0 rings (SSSR count). The van der Waals surface area contributed by atoms with Crippen LogP contribution in [0.15, 0.2) is 0 Å². The molecule has 0 aliphatic carbocycles. The Morgan fingerprint density at radius 3 is 2.13 bits per heavy atom. The third kappa shape index (κ3) is 8.00. The molecule has 92 valence electrons. The highest BCUT2D eigenvalue weighted by molar-refractivity contribution is 6.71. The second-order valence-electron chi connectivity index (χ2n) is 5.28. The second-order valence-corrected chi connectivity index (χ2v) is 9.50. The number of ether oxygens (including phenoxy) is 1. The lowest BCUT2D eigenvalue weighted by Crippen LogP contribution is -2.41. The van der Waals surface area contributed by atoms with Crippen LogP contribution in [0.2, 0.25) is 19.1 Å². The molecule has 0 heterocycles. The average molecular weight is 232 g/mol. The Labute approximate surface area is 96.5 Å². The molecule has 3 heteroatoms. The number of unbranched alkanes of at least 4 members (excludes halogenated alkanes) is 3. The minimum atomic E-state index is -1.53. The van der Waals surface area contributed by atoms with E-state index in [1.807, 2.05) is 13.8 Å². The fourth-order valence-electron chi connectivity index (χ4n) is 1.74. The van der Waals surface area contributed by atoms with E-state index >= 15 is 0 Å². The predicted molar refractivity (Wildman–Crippen MR) is 68.6 cm³/mol. The molecule has 0 aromatic rings. The van der Waals surface area contributed by atoms with Gasteiger partial charge in [0.15, 0.2) is 14.1 Å². The van der Waals surface area contributed by atoms with Crippen LogP contribution >= 0.6 is 0 Å². The molecule has 0 aromatic carbocycles. The van der Waals surface area contributed by atoms with E-state index in [9.17, 15) is 0 Å². The summed E-state index contributed by atoms with van der Waals surface area (Å²) in [4.78, 5) is 0. The van der Waals surface area contributed by atoms with Crippen molar-refractivity contribution in [3.05, 3.63) is 0 Å². The molecule has 0 aliphatic heterocycles. The van der Waals surface area contributed by atoms with Crippen LogP contribution in [0.5, 0.6) is 0 Å². The molecule has 0 radical (unpaired) electrons. The first-order valence-corrected chi connectivity index (χ1v) is 9.20. The molecule has 2 nitrogen and oxygen atoms in total. The Bertz CT molecular complexity index is 167. The summed E-state index contributed by atoms with van der Waals surface area (Å²) in [5, 5.41) is 0. The van der Waals surface area contributed by atoms with Crippen molar-refractivity contribution in [3.63, 3.8) is 0 Å². The zero-order valence-electron chi connectivity index (χ0n) is 11.4. The van der Waals surface area contributed by atoms with Crippen LogP contribution in [0.25, 0.3) is 0 Å². The largest absolute Gasteiger partial charge is 0.391 e. The van der Waals surface area contributed by atoms with Crippen molar-refractivity contribution in [2.45, 2.75) is 71.4 Å². The van der Waals surface area contributed by atoms with Gasteiger partial charge >= 0.3 is 0 Å². The first-order valence-electron chi connectivity index (χ1n) is 6.08. The zero-order valence-corrected chi connectivity index (χ0v) is 12.4. The van der Waals surface area contributed by atoms with E-state index in [1.165, 1.54) is 31.7 Å². The molecule has 0 amide bonds. The Morgan fingerprint density at radius 2 is 1.67 bits per heavy atom. The van der Waals surface area contributed by atoms with E-state index in [0.29, 0.717) is 0 Å². The minimum absolute atomic E-state index is 0.416. The highest BCUT2D eigenvalue weighted by Crippen LogP contribution is 2.23. The van der Waals surface area contributed by atoms with Crippen LogP contribution in [-0.2, 0) is 9.16 Å². The van der Waals surface area contributed by atoms with Crippen LogP contribution in [0.4, 0.5) is 0 Å². The van der Waals surface area contributed by atoms with Crippen LogP contribution < -0.4 is 0 Å². The topological polar surface area (TPSA) is 18.5 Å². The fourth-order valence-corrected chi connectivity index (χ4v) is 4.35. The fraction of sp³-hybridized carbons (Fsp3) is 1.00. The van der Waals surface area contributed by atoms with Gasteiger partial charge in [0.25, 0.3) is 0 Å². The van der Waals surface area contributed by atoms with Gasteiger partial charge in [0, 0.05) is 7.11 Å². The summed E-state index contributed by atoms with van der Waals surface area (Å²) in [6.45, 7) is 10.8. The van der Waals surface area contributed by atoms with Gasteiger partial charge in [-0.15, -0.1) is 0 Å². The third-order valence-corrected chi connectivity index (χ3v) is 5.25. The summed E-state index contributed by atoms with van der Waals surface area (Å²) in [5.74, 6) is -0.416. The summed E-state index contributed by atoms with van der Waals surface area (Å²) in [6, 6.07) is 1.24. The Kier molecular flexibility index (Phi) is 6.72. The second kappa shape index (κ2) is 6.66. The minimum Gasteiger partial charge on any atom is -0.391 e. The smallest absolute Gasteiger partial charge is 0.190 e. The monoisotopic (exact) mass is 232 g/mol. The number of hydrogen-bond acceptors (Lipinski definition) is 2. The van der Waals surface area contributed by atoms with Gasteiger partial charge in [-0.05, 0) is 33.0 Å². The summed E-state index contributed by atoms with van der Waals surface area (Å²) in [6.07, 6.45) is 5.28. The van der Waals surface area contributed by atoms with Gasteiger partial charge in [0.05, 0.1) is 0 Å². The molecule has 0 bridgehead atoms. The van der Waals surface area contributed by atoms with Crippen molar-refractivity contribution >= 4 is 8.32 Å². The van der Waals surface area contributed by atoms with Crippen LogP contribution in [0.3, 0.4) is 0 Å². The molecule has 0 saturated heterocycles. The maximum Gasteiger partial charge on any atom is 0.190 e. The van der Waals surface area contributed by atoms with Crippen LogP contribution in [-0.4, -0.2) is 21.2 Å². The summed E-state index contributed by atoms with van der Waals surface area (Å²) < 4.78 is 11.4. The van der Waals surface area contributed by atoms with Crippen molar-refractivity contribution in [3.8, 4) is 0 Å². The van der Waals surface area contributed by atoms with Gasteiger partial charge in [-0.1, -0.05) is 32.6 Å². The molecular weight excluding hydrogens is 204 g/mol. The molecule has 0 aliphatic rings. The van der Waals surface area contributed by atoms with Gasteiger partial charge < -0.3 is 9.16 Å². The van der Waals surface area contributed by atoms with Gasteiger partial charge in [-0.25, -0.2) is 0 Å². The quantitative estimate of drug-likeness (QED) is 0.355. The zero-order chi connectivity index (χ0) is 11.9. The molecule has 0 fully saturated rings. The third-order valence-electron chi connectivity index (χ3n) is 2.65. The van der Waals surface area contributed by atoms with E-state index in [1.54, 1.807) is 7.11 Å². The molecule has 0 N–H and O–H groups in total. The van der Waals surface area contributed by atoms with Gasteiger partial charge in [0.1, 0.15) is 0 Å². The van der Waals surface area contributed by atoms with Gasteiger partial charge in [0.2, 0.25) is 0 Å². The molecule has 0 aromatic heterocycles. The number of methoxy groups -OCH3 is 1. The summed E-state index contributed by atoms with van der Waals surface area (Å²) in [5.41, 5.74) is 0. The number of rotatable bonds is 8. The van der Waals surface area contributed by atoms with E-state index in [4.69, 9.17) is 9.16 Å². The summed E-state index contributed by atoms with van der Waals surface area (Å²) in [7, 11) is 0.175. The lowest BCUT2D eigenvalue weighted by molar-refractivity contribution is -0.141. The Balaban J connectivity index is 3.85. The lowest BCUT2D eigenvalue weighted by atomic mass is 10.2. The van der Waals surface area contributed by atoms with E-state index in [2.05, 4.69) is 20.0 Å². The first-order chi connectivity index (χ1) is 6.83. The SMILES string of the molecule is CCCCCC[Si](C)(C)OC(C)(C)OC. The molecular formula is C12H28O2Si. The molecule has 0 spiro atoms. The predicted octanol–water partition coefficient (Wildman–Crippen LogP) is 4.17. The lowest BCUT2D eigenvalue weighted by Gasteiger charge is -2.34. The maximum atomic E-state index is 6.07.